The Hall–Kier alpha value is -1.14. The van der Waals surface area contributed by atoms with E-state index in [1.807, 2.05) is 6.92 Å². The van der Waals surface area contributed by atoms with Gasteiger partial charge in [0.25, 0.3) is 0 Å². The minimum Gasteiger partial charge on any atom is -0.396 e. The number of amides is 1. The van der Waals surface area contributed by atoms with Crippen LogP contribution in [0.2, 0.25) is 0 Å². The van der Waals surface area contributed by atoms with Gasteiger partial charge in [-0.05, 0) is 19.8 Å². The Bertz CT molecular complexity index is 500. The molecule has 5 nitrogen and oxygen atoms in total. The van der Waals surface area contributed by atoms with Crippen molar-refractivity contribution in [1.82, 2.24) is 9.88 Å². The SMILES string of the molecule is Cc1csc(=O)n1CC(=O)NCC1(CO)CCCC1. The molecule has 1 amide bonds. The van der Waals surface area contributed by atoms with Crippen molar-refractivity contribution >= 4 is 17.2 Å². The molecule has 0 unspecified atom stereocenters. The van der Waals surface area contributed by atoms with E-state index in [-0.39, 0.29) is 29.3 Å². The molecule has 1 aliphatic carbocycles. The van der Waals surface area contributed by atoms with Crippen LogP contribution in [0.25, 0.3) is 0 Å². The molecule has 6 heteroatoms. The van der Waals surface area contributed by atoms with Crippen molar-refractivity contribution in [2.45, 2.75) is 39.2 Å². The lowest BCUT2D eigenvalue weighted by Gasteiger charge is -2.26. The van der Waals surface area contributed by atoms with Gasteiger partial charge >= 0.3 is 4.87 Å². The summed E-state index contributed by atoms with van der Waals surface area (Å²) < 4.78 is 1.47. The molecule has 0 bridgehead atoms. The van der Waals surface area contributed by atoms with Crippen molar-refractivity contribution < 1.29 is 9.90 Å². The summed E-state index contributed by atoms with van der Waals surface area (Å²) in [7, 11) is 0. The molecule has 0 aliphatic heterocycles. The molecule has 0 saturated heterocycles. The van der Waals surface area contributed by atoms with Crippen LogP contribution in [-0.2, 0) is 11.3 Å². The first kappa shape index (κ1) is 14.3. The maximum absolute atomic E-state index is 11.9. The monoisotopic (exact) mass is 284 g/mol. The molecule has 0 radical (unpaired) electrons. The number of carbonyl (C=O) groups is 1. The number of aromatic nitrogens is 1. The molecule has 2 rings (SSSR count). The molecule has 1 aromatic rings. The Labute approximate surface area is 116 Å². The summed E-state index contributed by atoms with van der Waals surface area (Å²) in [6.07, 6.45) is 4.14. The largest absolute Gasteiger partial charge is 0.396 e. The second-order valence-electron chi connectivity index (χ2n) is 5.37. The zero-order chi connectivity index (χ0) is 13.9. The van der Waals surface area contributed by atoms with E-state index in [1.165, 1.54) is 4.57 Å². The average Bonchev–Trinajstić information content (AvgIpc) is 2.99. The van der Waals surface area contributed by atoms with Gasteiger partial charge < -0.3 is 10.4 Å². The summed E-state index contributed by atoms with van der Waals surface area (Å²) in [4.78, 5) is 23.3. The summed E-state index contributed by atoms with van der Waals surface area (Å²) >= 11 is 1.11. The van der Waals surface area contributed by atoms with Crippen LogP contribution in [0.3, 0.4) is 0 Å². The molecule has 1 fully saturated rings. The second kappa shape index (κ2) is 5.88. The van der Waals surface area contributed by atoms with Gasteiger partial charge in [-0.15, -0.1) is 0 Å². The van der Waals surface area contributed by atoms with Gasteiger partial charge in [0.15, 0.2) is 0 Å². The summed E-state index contributed by atoms with van der Waals surface area (Å²) in [5, 5.41) is 14.1. The van der Waals surface area contributed by atoms with Crippen molar-refractivity contribution in [2.24, 2.45) is 5.41 Å². The number of thiazole rings is 1. The first-order valence-electron chi connectivity index (χ1n) is 6.59. The lowest BCUT2D eigenvalue weighted by molar-refractivity contribution is -0.122. The van der Waals surface area contributed by atoms with Crippen molar-refractivity contribution in [3.05, 3.63) is 20.7 Å². The first-order valence-corrected chi connectivity index (χ1v) is 7.47. The molecule has 1 saturated carbocycles. The number of nitrogens with one attached hydrogen (secondary N) is 1. The summed E-state index contributed by atoms with van der Waals surface area (Å²) in [6, 6.07) is 0. The third-order valence-corrected chi connectivity index (χ3v) is 4.82. The lowest BCUT2D eigenvalue weighted by Crippen LogP contribution is -2.40. The van der Waals surface area contributed by atoms with Gasteiger partial charge in [0.05, 0.1) is 6.61 Å². The van der Waals surface area contributed by atoms with Gasteiger partial charge in [0.2, 0.25) is 5.91 Å². The predicted octanol–water partition coefficient (Wildman–Crippen LogP) is 0.887. The number of nitrogens with zero attached hydrogens (tertiary/aromatic N) is 1. The topological polar surface area (TPSA) is 71.3 Å². The number of hydrogen-bond acceptors (Lipinski definition) is 4. The maximum atomic E-state index is 11.9. The quantitative estimate of drug-likeness (QED) is 0.843. The Balaban J connectivity index is 1.90. The van der Waals surface area contributed by atoms with Gasteiger partial charge in [-0.2, -0.15) is 0 Å². The van der Waals surface area contributed by atoms with E-state index in [2.05, 4.69) is 5.32 Å². The van der Waals surface area contributed by atoms with Crippen molar-refractivity contribution in [1.29, 1.82) is 0 Å². The highest BCUT2D eigenvalue weighted by atomic mass is 32.1. The lowest BCUT2D eigenvalue weighted by atomic mass is 9.87. The molecule has 2 N–H and O–H groups in total. The number of aliphatic hydroxyl groups is 1. The number of aryl methyl sites for hydroxylation is 1. The summed E-state index contributed by atoms with van der Waals surface area (Å²) in [5.41, 5.74) is 0.660. The molecular formula is C13H20N2O3S. The van der Waals surface area contributed by atoms with Crippen molar-refractivity contribution in [3.63, 3.8) is 0 Å². The van der Waals surface area contributed by atoms with Gasteiger partial charge in [-0.3, -0.25) is 14.2 Å². The highest BCUT2D eigenvalue weighted by Gasteiger charge is 2.33. The fourth-order valence-corrected chi connectivity index (χ4v) is 3.33. The normalized spacial score (nSPS) is 17.6. The fourth-order valence-electron chi connectivity index (χ4n) is 2.60. The van der Waals surface area contributed by atoms with Gasteiger partial charge in [-0.25, -0.2) is 0 Å². The predicted molar refractivity (Wildman–Crippen MR) is 74.3 cm³/mol. The second-order valence-corrected chi connectivity index (χ2v) is 6.19. The molecule has 1 aromatic heterocycles. The maximum Gasteiger partial charge on any atom is 0.307 e. The number of rotatable bonds is 5. The molecular weight excluding hydrogens is 264 g/mol. The Morgan fingerprint density at radius 2 is 2.21 bits per heavy atom. The molecule has 0 aromatic carbocycles. The Kier molecular flexibility index (Phi) is 4.42. The summed E-state index contributed by atoms with van der Waals surface area (Å²) in [5.74, 6) is -0.164. The van der Waals surface area contributed by atoms with Crippen molar-refractivity contribution in [3.8, 4) is 0 Å². The van der Waals surface area contributed by atoms with Crippen LogP contribution in [0.5, 0.6) is 0 Å². The molecule has 106 valence electrons. The van der Waals surface area contributed by atoms with E-state index in [4.69, 9.17) is 0 Å². The average molecular weight is 284 g/mol. The zero-order valence-corrected chi connectivity index (χ0v) is 12.0. The van der Waals surface area contributed by atoms with E-state index < -0.39 is 0 Å². The molecule has 0 atom stereocenters. The van der Waals surface area contributed by atoms with Crippen LogP contribution in [0, 0.1) is 12.3 Å². The van der Waals surface area contributed by atoms with Crippen LogP contribution in [0.1, 0.15) is 31.4 Å². The van der Waals surface area contributed by atoms with E-state index >= 15 is 0 Å². The van der Waals surface area contributed by atoms with Gasteiger partial charge in [0, 0.05) is 23.0 Å². The van der Waals surface area contributed by atoms with Crippen LogP contribution >= 0.6 is 11.3 Å². The summed E-state index contributed by atoms with van der Waals surface area (Å²) in [6.45, 7) is 2.50. The molecule has 1 aliphatic rings. The smallest absolute Gasteiger partial charge is 0.307 e. The first-order chi connectivity index (χ1) is 9.06. The van der Waals surface area contributed by atoms with Crippen LogP contribution in [0.15, 0.2) is 10.2 Å². The van der Waals surface area contributed by atoms with E-state index in [0.717, 1.165) is 42.7 Å². The molecule has 1 heterocycles. The van der Waals surface area contributed by atoms with Gasteiger partial charge in [0.1, 0.15) is 6.54 Å². The Morgan fingerprint density at radius 3 is 2.74 bits per heavy atom. The van der Waals surface area contributed by atoms with E-state index in [0.29, 0.717) is 6.54 Å². The van der Waals surface area contributed by atoms with Crippen LogP contribution in [-0.4, -0.2) is 28.7 Å². The number of aliphatic hydroxyl groups excluding tert-OH is 1. The van der Waals surface area contributed by atoms with E-state index in [9.17, 15) is 14.7 Å². The third-order valence-electron chi connectivity index (χ3n) is 3.94. The Morgan fingerprint density at radius 1 is 1.53 bits per heavy atom. The molecule has 19 heavy (non-hydrogen) atoms. The molecule has 0 spiro atoms. The van der Waals surface area contributed by atoms with Crippen LogP contribution < -0.4 is 10.2 Å². The fraction of sp³-hybridized carbons (Fsp3) is 0.692. The highest BCUT2D eigenvalue weighted by molar-refractivity contribution is 7.07. The zero-order valence-electron chi connectivity index (χ0n) is 11.1. The minimum absolute atomic E-state index is 0.0652. The standard InChI is InChI=1S/C13H20N2O3S/c1-10-7-19-12(18)15(10)6-11(17)14-8-13(9-16)4-2-3-5-13/h7,16H,2-6,8-9H2,1H3,(H,14,17). The van der Waals surface area contributed by atoms with Crippen molar-refractivity contribution in [2.75, 3.05) is 13.2 Å². The minimum atomic E-state index is -0.164. The highest BCUT2D eigenvalue weighted by Crippen LogP contribution is 2.36. The van der Waals surface area contributed by atoms with E-state index in [1.54, 1.807) is 5.38 Å². The third kappa shape index (κ3) is 3.25. The van der Waals surface area contributed by atoms with Crippen LogP contribution in [0.4, 0.5) is 0 Å². The van der Waals surface area contributed by atoms with Gasteiger partial charge in [-0.1, -0.05) is 24.2 Å². The number of carbonyl (C=O) groups excluding carboxylic acids is 1. The number of hydrogen-bond donors (Lipinski definition) is 2.